The van der Waals surface area contributed by atoms with Gasteiger partial charge in [-0.1, -0.05) is 37.0 Å². The first-order valence-corrected chi connectivity index (χ1v) is 13.9. The number of halogens is 3. The summed E-state index contributed by atoms with van der Waals surface area (Å²) < 4.78 is 50.1. The molecule has 2 aromatic heterocycles. The van der Waals surface area contributed by atoms with E-state index in [2.05, 4.69) is 29.6 Å². The molecular weight excluding hydrogens is 433 g/mol. The van der Waals surface area contributed by atoms with E-state index in [0.29, 0.717) is 22.5 Å². The monoisotopic (exact) mass is 458 g/mol. The first kappa shape index (κ1) is 22.7. The minimum Gasteiger partial charge on any atom is -0.375 e. The summed E-state index contributed by atoms with van der Waals surface area (Å²) in [4.78, 5) is 7.99. The number of nitrogen functional groups attached to an aromatic ring is 1. The number of hydrogen-bond acceptors (Lipinski definition) is 6. The molecule has 0 amide bonds. The van der Waals surface area contributed by atoms with Crippen LogP contribution >= 0.6 is 11.3 Å². The van der Waals surface area contributed by atoms with Crippen LogP contribution in [0.25, 0.3) is 10.2 Å². The standard InChI is InChI=1S/C19H25F3N4O2SSi/c1-12-10-24-16(26(12)11-28-7-8-30(2,3)4)18(27,19(20,21)22)13-5-6-14-15(9-13)29-17(23)25-14/h5-6,9-10,27H,7-8,11H2,1-4H3,(H2,23,25). The molecule has 1 atom stereocenters. The highest BCUT2D eigenvalue weighted by Crippen LogP contribution is 2.45. The second-order valence-corrected chi connectivity index (χ2v) is 15.1. The lowest BCUT2D eigenvalue weighted by Crippen LogP contribution is -2.45. The third-order valence-electron chi connectivity index (χ3n) is 4.83. The number of alkyl halides is 3. The highest BCUT2D eigenvalue weighted by molar-refractivity contribution is 7.22. The van der Waals surface area contributed by atoms with E-state index in [1.54, 1.807) is 6.92 Å². The predicted octanol–water partition coefficient (Wildman–Crippen LogP) is 4.49. The number of benzene rings is 1. The van der Waals surface area contributed by atoms with E-state index in [9.17, 15) is 18.3 Å². The molecule has 0 aliphatic carbocycles. The van der Waals surface area contributed by atoms with Crippen LogP contribution in [-0.4, -0.2) is 40.5 Å². The summed E-state index contributed by atoms with van der Waals surface area (Å²) >= 11 is 1.06. The molecule has 0 radical (unpaired) electrons. The normalized spacial score (nSPS) is 14.9. The van der Waals surface area contributed by atoms with Gasteiger partial charge in [0, 0.05) is 32.1 Å². The van der Waals surface area contributed by atoms with E-state index in [-0.39, 0.29) is 17.4 Å². The Hall–Kier alpha value is -1.95. The second kappa shape index (κ2) is 7.95. The van der Waals surface area contributed by atoms with E-state index in [4.69, 9.17) is 10.5 Å². The van der Waals surface area contributed by atoms with Crippen molar-refractivity contribution in [3.63, 3.8) is 0 Å². The average molecular weight is 459 g/mol. The van der Waals surface area contributed by atoms with Crippen LogP contribution in [0.15, 0.2) is 24.4 Å². The number of aromatic nitrogens is 3. The maximum Gasteiger partial charge on any atom is 0.428 e. The zero-order valence-corrected chi connectivity index (χ0v) is 19.1. The van der Waals surface area contributed by atoms with E-state index < -0.39 is 25.7 Å². The molecule has 0 spiro atoms. The highest BCUT2D eigenvalue weighted by atomic mass is 32.1. The summed E-state index contributed by atoms with van der Waals surface area (Å²) in [6.07, 6.45) is -3.71. The average Bonchev–Trinajstić information content (AvgIpc) is 3.17. The molecule has 1 aromatic carbocycles. The lowest BCUT2D eigenvalue weighted by atomic mass is 9.92. The van der Waals surface area contributed by atoms with Crippen LogP contribution in [0.2, 0.25) is 25.7 Å². The SMILES string of the molecule is Cc1cnc(C(O)(c2ccc3nc(N)sc3c2)C(F)(F)F)n1COCC[Si](C)(C)C. The van der Waals surface area contributed by atoms with Gasteiger partial charge in [-0.25, -0.2) is 9.97 Å². The summed E-state index contributed by atoms with van der Waals surface area (Å²) in [7, 11) is -1.34. The van der Waals surface area contributed by atoms with Crippen LogP contribution in [0.1, 0.15) is 17.1 Å². The third kappa shape index (κ3) is 4.38. The minimum atomic E-state index is -5.01. The number of aryl methyl sites for hydroxylation is 1. The van der Waals surface area contributed by atoms with Crippen LogP contribution in [0.3, 0.4) is 0 Å². The lowest BCUT2D eigenvalue weighted by Gasteiger charge is -2.31. The van der Waals surface area contributed by atoms with Gasteiger partial charge in [0.2, 0.25) is 5.60 Å². The Bertz CT molecular complexity index is 1040. The van der Waals surface area contributed by atoms with Crippen molar-refractivity contribution in [2.24, 2.45) is 0 Å². The van der Waals surface area contributed by atoms with Gasteiger partial charge in [-0.3, -0.25) is 0 Å². The number of rotatable bonds is 7. The number of thiazole rings is 1. The maximum absolute atomic E-state index is 14.2. The van der Waals surface area contributed by atoms with Crippen molar-refractivity contribution in [2.45, 2.75) is 51.1 Å². The van der Waals surface area contributed by atoms with Gasteiger partial charge in [0.05, 0.1) is 10.2 Å². The van der Waals surface area contributed by atoms with Gasteiger partial charge >= 0.3 is 6.18 Å². The number of ether oxygens (including phenoxy) is 1. The van der Waals surface area contributed by atoms with Gasteiger partial charge in [0.1, 0.15) is 6.73 Å². The molecule has 1 unspecified atom stereocenters. The van der Waals surface area contributed by atoms with Crippen LogP contribution in [-0.2, 0) is 17.1 Å². The maximum atomic E-state index is 14.2. The molecule has 30 heavy (non-hydrogen) atoms. The molecule has 0 aliphatic rings. The quantitative estimate of drug-likeness (QED) is 0.402. The molecule has 0 aliphatic heterocycles. The molecule has 2 heterocycles. The Balaban J connectivity index is 2.01. The van der Waals surface area contributed by atoms with Gasteiger partial charge in [-0.05, 0) is 25.1 Å². The van der Waals surface area contributed by atoms with Crippen molar-refractivity contribution < 1.29 is 23.0 Å². The summed E-state index contributed by atoms with van der Waals surface area (Å²) in [6, 6.07) is 4.76. The molecule has 0 saturated heterocycles. The lowest BCUT2D eigenvalue weighted by molar-refractivity contribution is -0.252. The molecule has 3 N–H and O–H groups in total. The number of nitrogens with two attached hydrogens (primary N) is 1. The van der Waals surface area contributed by atoms with Crippen LogP contribution in [0.5, 0.6) is 0 Å². The molecule has 3 rings (SSSR count). The first-order valence-electron chi connectivity index (χ1n) is 9.39. The summed E-state index contributed by atoms with van der Waals surface area (Å²) in [5.41, 5.74) is 2.94. The molecule has 3 aromatic rings. The molecule has 0 saturated carbocycles. The Morgan fingerprint density at radius 2 is 1.97 bits per heavy atom. The van der Waals surface area contributed by atoms with Gasteiger partial charge < -0.3 is 20.1 Å². The summed E-state index contributed by atoms with van der Waals surface area (Å²) in [5, 5.41) is 11.3. The summed E-state index contributed by atoms with van der Waals surface area (Å²) in [5.74, 6) is -0.530. The number of nitrogens with zero attached hydrogens (tertiary/aromatic N) is 3. The fraction of sp³-hybridized carbons (Fsp3) is 0.474. The van der Waals surface area contributed by atoms with Gasteiger partial charge in [0.15, 0.2) is 11.0 Å². The van der Waals surface area contributed by atoms with Crippen molar-refractivity contribution in [1.82, 2.24) is 14.5 Å². The van der Waals surface area contributed by atoms with Crippen molar-refractivity contribution in [2.75, 3.05) is 12.3 Å². The predicted molar refractivity (Wildman–Crippen MR) is 114 cm³/mol. The Kier molecular flexibility index (Phi) is 6.02. The Morgan fingerprint density at radius 3 is 2.60 bits per heavy atom. The molecule has 11 heteroatoms. The van der Waals surface area contributed by atoms with E-state index in [1.165, 1.54) is 29.0 Å². The fourth-order valence-corrected chi connectivity index (χ4v) is 4.56. The zero-order valence-electron chi connectivity index (χ0n) is 17.2. The Morgan fingerprint density at radius 1 is 1.27 bits per heavy atom. The van der Waals surface area contributed by atoms with Crippen LogP contribution in [0.4, 0.5) is 18.3 Å². The van der Waals surface area contributed by atoms with E-state index >= 15 is 0 Å². The Labute approximate surface area is 177 Å². The molecule has 0 bridgehead atoms. The first-order chi connectivity index (χ1) is 13.8. The molecule has 0 fully saturated rings. The number of hydrogen-bond donors (Lipinski definition) is 2. The van der Waals surface area contributed by atoms with Gasteiger partial charge in [0.25, 0.3) is 0 Å². The van der Waals surface area contributed by atoms with E-state index in [0.717, 1.165) is 17.4 Å². The molecule has 6 nitrogen and oxygen atoms in total. The largest absolute Gasteiger partial charge is 0.428 e. The zero-order chi connectivity index (χ0) is 22.3. The van der Waals surface area contributed by atoms with Crippen molar-refractivity contribution in [3.8, 4) is 0 Å². The number of anilines is 1. The van der Waals surface area contributed by atoms with Crippen molar-refractivity contribution >= 4 is 34.8 Å². The molecule has 164 valence electrons. The fourth-order valence-electron chi connectivity index (χ4n) is 3.03. The topological polar surface area (TPSA) is 86.2 Å². The van der Waals surface area contributed by atoms with E-state index in [1.807, 2.05) is 0 Å². The summed E-state index contributed by atoms with van der Waals surface area (Å²) in [6.45, 7) is 8.50. The number of aliphatic hydroxyl groups is 1. The van der Waals surface area contributed by atoms with Crippen LogP contribution in [0, 0.1) is 6.92 Å². The highest BCUT2D eigenvalue weighted by Gasteiger charge is 2.59. The third-order valence-corrected chi connectivity index (χ3v) is 7.38. The van der Waals surface area contributed by atoms with Crippen LogP contribution < -0.4 is 5.73 Å². The number of imidazole rings is 1. The smallest absolute Gasteiger partial charge is 0.375 e. The minimum absolute atomic E-state index is 0.125. The van der Waals surface area contributed by atoms with Crippen molar-refractivity contribution in [3.05, 3.63) is 41.5 Å². The van der Waals surface area contributed by atoms with Crippen molar-refractivity contribution in [1.29, 1.82) is 0 Å². The second-order valence-electron chi connectivity index (χ2n) is 8.44. The van der Waals surface area contributed by atoms with Gasteiger partial charge in [-0.15, -0.1) is 0 Å². The number of fused-ring (bicyclic) bond motifs is 1. The van der Waals surface area contributed by atoms with Gasteiger partial charge in [-0.2, -0.15) is 13.2 Å². The molecular formula is C19H25F3N4O2SSi.